The van der Waals surface area contributed by atoms with Gasteiger partial charge >= 0.3 is 0 Å². The molecule has 0 saturated carbocycles. The van der Waals surface area contributed by atoms with Gasteiger partial charge in [-0.05, 0) is 35.7 Å². The van der Waals surface area contributed by atoms with Gasteiger partial charge in [0.05, 0.1) is 18.0 Å². The van der Waals surface area contributed by atoms with Crippen molar-refractivity contribution in [3.8, 4) is 0 Å². The minimum Gasteiger partial charge on any atom is -0.391 e. The average molecular weight is 439 g/mol. The fraction of sp³-hybridized carbons (Fsp3) is 0.389. The summed E-state index contributed by atoms with van der Waals surface area (Å²) in [4.78, 5) is 30.8. The lowest BCUT2D eigenvalue weighted by atomic mass is 10.1. The molecule has 0 unspecified atom stereocenters. The monoisotopic (exact) mass is 438 g/mol. The minimum atomic E-state index is -3.88. The smallest absolute Gasteiger partial charge is 0.241 e. The number of carbonyl (C=O) groups is 2. The number of sulfonamides is 1. The number of nitrogens with two attached hydrogens (primary N) is 2. The van der Waals surface area contributed by atoms with Gasteiger partial charge in [-0.1, -0.05) is 24.8 Å². The van der Waals surface area contributed by atoms with Gasteiger partial charge in [0.2, 0.25) is 27.8 Å². The summed E-state index contributed by atoms with van der Waals surface area (Å²) in [5, 5.41) is 5.88. The van der Waals surface area contributed by atoms with E-state index in [0.29, 0.717) is 19.4 Å². The summed E-state index contributed by atoms with van der Waals surface area (Å²) in [5.74, 6) is -1.08. The number of hydrogen-bond acceptors (Lipinski definition) is 6. The number of piperidine rings is 1. The van der Waals surface area contributed by atoms with Gasteiger partial charge in [0.1, 0.15) is 12.6 Å². The van der Waals surface area contributed by atoms with E-state index in [1.165, 1.54) is 17.0 Å². The van der Waals surface area contributed by atoms with Crippen LogP contribution in [0.25, 0.3) is 6.08 Å². The quantitative estimate of drug-likeness (QED) is 0.156. The Hall–Kier alpha value is -3.12. The molecule has 11 nitrogen and oxygen atoms in total. The van der Waals surface area contributed by atoms with Crippen molar-refractivity contribution in [1.29, 1.82) is 0 Å². The molecule has 0 aromatic heterocycles. The average Bonchev–Trinajstić information content (AvgIpc) is 2.70. The number of amides is 2. The van der Waals surface area contributed by atoms with Gasteiger partial charge in [0, 0.05) is 6.54 Å². The second-order valence-corrected chi connectivity index (χ2v) is 8.26. The van der Waals surface area contributed by atoms with Crippen LogP contribution in [0.4, 0.5) is 0 Å². The van der Waals surface area contributed by atoms with E-state index < -0.39 is 27.9 Å². The number of carbonyl (C=O) groups excluding carboxylic acids is 2. The van der Waals surface area contributed by atoms with E-state index in [1.54, 1.807) is 18.2 Å². The highest BCUT2D eigenvalue weighted by Gasteiger charge is 2.33. The van der Waals surface area contributed by atoms with Crippen molar-refractivity contribution in [1.82, 2.24) is 14.9 Å². The minimum absolute atomic E-state index is 0.0524. The molecule has 1 aliphatic heterocycles. The van der Waals surface area contributed by atoms with Gasteiger partial charge in [0.15, 0.2) is 0 Å². The zero-order valence-electron chi connectivity index (χ0n) is 16.4. The molecule has 1 heterocycles. The van der Waals surface area contributed by atoms with E-state index in [-0.39, 0.29) is 30.6 Å². The predicted molar refractivity (Wildman–Crippen MR) is 111 cm³/mol. The number of benzene rings is 1. The van der Waals surface area contributed by atoms with Crippen LogP contribution >= 0.6 is 0 Å². The van der Waals surface area contributed by atoms with Gasteiger partial charge < -0.3 is 26.5 Å². The van der Waals surface area contributed by atoms with Crippen LogP contribution in [0, 0.1) is 0 Å². The number of likely N-dealkylation sites (tertiary alicyclic amines) is 1. The SMILES string of the molecule is C=Cc1ccc(S(=O)(=O)N[C@H]2CCCN(CC(=O)NCCON=C(N)N)C2=O)cc1. The molecule has 1 atom stereocenters. The lowest BCUT2D eigenvalue weighted by Gasteiger charge is -2.32. The largest absolute Gasteiger partial charge is 0.391 e. The lowest BCUT2D eigenvalue weighted by molar-refractivity contribution is -0.139. The van der Waals surface area contributed by atoms with Crippen molar-refractivity contribution < 1.29 is 22.8 Å². The summed E-state index contributed by atoms with van der Waals surface area (Å²) >= 11 is 0. The lowest BCUT2D eigenvalue weighted by Crippen LogP contribution is -2.54. The Balaban J connectivity index is 1.90. The molecule has 1 fully saturated rings. The Morgan fingerprint density at radius 3 is 2.67 bits per heavy atom. The Morgan fingerprint density at radius 2 is 2.03 bits per heavy atom. The van der Waals surface area contributed by atoms with Gasteiger partial charge in [-0.15, -0.1) is 0 Å². The molecule has 12 heteroatoms. The van der Waals surface area contributed by atoms with Crippen molar-refractivity contribution in [3.05, 3.63) is 36.4 Å². The predicted octanol–water partition coefficient (Wildman–Crippen LogP) is -1.08. The van der Waals surface area contributed by atoms with E-state index in [4.69, 9.17) is 16.3 Å². The fourth-order valence-electron chi connectivity index (χ4n) is 2.83. The molecule has 1 aliphatic rings. The van der Waals surface area contributed by atoms with Crippen molar-refractivity contribution >= 4 is 33.9 Å². The summed E-state index contributed by atoms with van der Waals surface area (Å²) in [5.41, 5.74) is 11.0. The second kappa shape index (κ2) is 10.6. The topological polar surface area (TPSA) is 169 Å². The van der Waals surface area contributed by atoms with Crippen LogP contribution in [-0.4, -0.2) is 63.4 Å². The van der Waals surface area contributed by atoms with Crippen LogP contribution in [-0.2, 0) is 24.4 Å². The normalized spacial score (nSPS) is 16.6. The Morgan fingerprint density at radius 1 is 1.33 bits per heavy atom. The van der Waals surface area contributed by atoms with Gasteiger partial charge in [-0.25, -0.2) is 8.42 Å². The molecule has 164 valence electrons. The molecular weight excluding hydrogens is 412 g/mol. The van der Waals surface area contributed by atoms with Crippen LogP contribution in [0.15, 0.2) is 40.9 Å². The van der Waals surface area contributed by atoms with Crippen LogP contribution < -0.4 is 21.5 Å². The maximum absolute atomic E-state index is 12.7. The Bertz CT molecular complexity index is 896. The van der Waals surface area contributed by atoms with Crippen LogP contribution in [0.5, 0.6) is 0 Å². The summed E-state index contributed by atoms with van der Waals surface area (Å²) in [6, 6.07) is 5.21. The molecule has 1 saturated heterocycles. The molecule has 0 radical (unpaired) electrons. The molecule has 0 spiro atoms. The first-order chi connectivity index (χ1) is 14.2. The second-order valence-electron chi connectivity index (χ2n) is 6.55. The molecule has 0 bridgehead atoms. The molecule has 0 aliphatic carbocycles. The molecule has 2 amide bonds. The summed E-state index contributed by atoms with van der Waals surface area (Å²) < 4.78 is 27.6. The molecular formula is C18H26N6O5S. The number of rotatable bonds is 10. The van der Waals surface area contributed by atoms with Crippen molar-refractivity contribution in [2.45, 2.75) is 23.8 Å². The summed E-state index contributed by atoms with van der Waals surface area (Å²) in [6.07, 6.45) is 2.52. The van der Waals surface area contributed by atoms with E-state index >= 15 is 0 Å². The zero-order chi connectivity index (χ0) is 22.1. The van der Waals surface area contributed by atoms with Gasteiger partial charge in [-0.3, -0.25) is 9.59 Å². The van der Waals surface area contributed by atoms with Gasteiger partial charge in [0.25, 0.3) is 0 Å². The van der Waals surface area contributed by atoms with Crippen LogP contribution in [0.2, 0.25) is 0 Å². The summed E-state index contributed by atoms with van der Waals surface area (Å²) in [6.45, 7) is 4.01. The molecule has 2 rings (SSSR count). The zero-order valence-corrected chi connectivity index (χ0v) is 17.2. The van der Waals surface area contributed by atoms with Crippen molar-refractivity contribution in [3.63, 3.8) is 0 Å². The maximum atomic E-state index is 12.7. The first kappa shape index (κ1) is 23.2. The summed E-state index contributed by atoms with van der Waals surface area (Å²) in [7, 11) is -3.88. The standard InChI is InChI=1S/C18H26N6O5S/c1-2-13-5-7-14(8-6-13)30(27,28)23-15-4-3-10-24(17(15)26)12-16(25)21-9-11-29-22-18(19)20/h2,5-8,15,23H,1,3-4,9-12H2,(H,21,25)(H4,19,20,22)/t15-/m0/s1. The molecule has 30 heavy (non-hydrogen) atoms. The van der Waals surface area contributed by atoms with Crippen LogP contribution in [0.1, 0.15) is 18.4 Å². The number of guanidine groups is 1. The first-order valence-electron chi connectivity index (χ1n) is 9.24. The van der Waals surface area contributed by atoms with E-state index in [9.17, 15) is 18.0 Å². The first-order valence-corrected chi connectivity index (χ1v) is 10.7. The maximum Gasteiger partial charge on any atom is 0.241 e. The van der Waals surface area contributed by atoms with E-state index in [0.717, 1.165) is 5.56 Å². The number of hydrogen-bond donors (Lipinski definition) is 4. The number of nitrogens with one attached hydrogen (secondary N) is 2. The van der Waals surface area contributed by atoms with Gasteiger partial charge in [-0.2, -0.15) is 4.72 Å². The van der Waals surface area contributed by atoms with Crippen LogP contribution in [0.3, 0.4) is 0 Å². The Labute approximate surface area is 175 Å². The molecule has 1 aromatic rings. The van der Waals surface area contributed by atoms with Crippen molar-refractivity contribution in [2.75, 3.05) is 26.2 Å². The molecule has 1 aromatic carbocycles. The third-order valence-electron chi connectivity index (χ3n) is 4.27. The van der Waals surface area contributed by atoms with E-state index in [2.05, 4.69) is 21.8 Å². The Kier molecular flexibility index (Phi) is 8.18. The number of oxime groups is 1. The van der Waals surface area contributed by atoms with E-state index in [1.807, 2.05) is 0 Å². The fourth-order valence-corrected chi connectivity index (χ4v) is 4.05. The highest BCUT2D eigenvalue weighted by molar-refractivity contribution is 7.89. The molecule has 6 N–H and O–H groups in total. The number of nitrogens with zero attached hydrogens (tertiary/aromatic N) is 2. The third kappa shape index (κ3) is 6.74. The van der Waals surface area contributed by atoms with Crippen molar-refractivity contribution in [2.24, 2.45) is 16.6 Å². The third-order valence-corrected chi connectivity index (χ3v) is 5.76. The highest BCUT2D eigenvalue weighted by atomic mass is 32.2. The highest BCUT2D eigenvalue weighted by Crippen LogP contribution is 2.16.